The smallest absolute Gasteiger partial charge is 0.410 e. The van der Waals surface area contributed by atoms with Gasteiger partial charge < -0.3 is 15.4 Å². The van der Waals surface area contributed by atoms with Crippen LogP contribution < -0.4 is 5.73 Å². The first-order valence-electron chi connectivity index (χ1n) is 7.20. The fourth-order valence-corrected chi connectivity index (χ4v) is 2.55. The highest BCUT2D eigenvalue weighted by Gasteiger charge is 2.29. The standard InChI is InChI=1S/C16H23FN2O2/c1-10-5-6-12(17)14-11(10)9-19(8-7-13(14)18)15(20)21-16(2,3)4/h5-6,13H,7-9,18H2,1-4H3/t13-/m0/s1. The van der Waals surface area contributed by atoms with Crippen LogP contribution in [0.25, 0.3) is 0 Å². The van der Waals surface area contributed by atoms with Gasteiger partial charge in [-0.15, -0.1) is 0 Å². The molecule has 0 saturated carbocycles. The maximum atomic E-state index is 14.1. The highest BCUT2D eigenvalue weighted by Crippen LogP contribution is 2.30. The van der Waals surface area contributed by atoms with Crippen LogP contribution in [0.15, 0.2) is 12.1 Å². The Morgan fingerprint density at radius 2 is 2.10 bits per heavy atom. The van der Waals surface area contributed by atoms with Crippen molar-refractivity contribution in [2.75, 3.05) is 6.54 Å². The fraction of sp³-hybridized carbons (Fsp3) is 0.562. The zero-order chi connectivity index (χ0) is 15.8. The molecule has 1 heterocycles. The van der Waals surface area contributed by atoms with Crippen LogP contribution in [-0.4, -0.2) is 23.1 Å². The van der Waals surface area contributed by atoms with Crippen molar-refractivity contribution in [2.45, 2.75) is 52.3 Å². The van der Waals surface area contributed by atoms with E-state index in [0.717, 1.165) is 11.1 Å². The van der Waals surface area contributed by atoms with Gasteiger partial charge in [0.25, 0.3) is 0 Å². The van der Waals surface area contributed by atoms with Crippen molar-refractivity contribution in [3.63, 3.8) is 0 Å². The summed E-state index contributed by atoms with van der Waals surface area (Å²) in [6.07, 6.45) is 0.137. The van der Waals surface area contributed by atoms with Crippen molar-refractivity contribution in [3.8, 4) is 0 Å². The second-order valence-electron chi connectivity index (χ2n) is 6.55. The SMILES string of the molecule is Cc1ccc(F)c2c1CN(C(=O)OC(C)(C)C)CC[C@@H]2N. The van der Waals surface area contributed by atoms with Crippen LogP contribution in [0.3, 0.4) is 0 Å². The largest absolute Gasteiger partial charge is 0.444 e. The van der Waals surface area contributed by atoms with E-state index in [2.05, 4.69) is 0 Å². The Kier molecular flexibility index (Phi) is 4.23. The van der Waals surface area contributed by atoms with E-state index in [9.17, 15) is 9.18 Å². The quantitative estimate of drug-likeness (QED) is 0.799. The number of benzene rings is 1. The predicted octanol–water partition coefficient (Wildman–Crippen LogP) is 3.27. The van der Waals surface area contributed by atoms with Crippen molar-refractivity contribution < 1.29 is 13.9 Å². The summed E-state index contributed by atoms with van der Waals surface area (Å²) in [4.78, 5) is 13.8. The van der Waals surface area contributed by atoms with Gasteiger partial charge in [-0.25, -0.2) is 9.18 Å². The first-order chi connectivity index (χ1) is 9.69. The van der Waals surface area contributed by atoms with Gasteiger partial charge in [-0.2, -0.15) is 0 Å². The van der Waals surface area contributed by atoms with Crippen LogP contribution in [0.5, 0.6) is 0 Å². The topological polar surface area (TPSA) is 55.6 Å². The first-order valence-corrected chi connectivity index (χ1v) is 7.20. The number of hydrogen-bond acceptors (Lipinski definition) is 3. The molecule has 0 bridgehead atoms. The number of hydrogen-bond donors (Lipinski definition) is 1. The minimum atomic E-state index is -0.550. The molecule has 0 saturated heterocycles. The van der Waals surface area contributed by atoms with Crippen LogP contribution in [0.1, 0.15) is 49.9 Å². The molecule has 0 unspecified atom stereocenters. The molecular weight excluding hydrogens is 271 g/mol. The number of aryl methyl sites for hydroxylation is 1. The van der Waals surface area contributed by atoms with E-state index in [0.29, 0.717) is 25.1 Å². The molecule has 1 atom stereocenters. The molecule has 0 radical (unpaired) electrons. The minimum absolute atomic E-state index is 0.297. The van der Waals surface area contributed by atoms with E-state index in [1.807, 2.05) is 27.7 Å². The summed E-state index contributed by atoms with van der Waals surface area (Å²) in [5, 5.41) is 0. The minimum Gasteiger partial charge on any atom is -0.444 e. The highest BCUT2D eigenvalue weighted by atomic mass is 19.1. The van der Waals surface area contributed by atoms with Crippen LogP contribution in [0, 0.1) is 12.7 Å². The van der Waals surface area contributed by atoms with Gasteiger partial charge in [0.05, 0.1) is 0 Å². The second kappa shape index (κ2) is 5.64. The van der Waals surface area contributed by atoms with Crippen LogP contribution >= 0.6 is 0 Å². The molecule has 0 aliphatic carbocycles. The van der Waals surface area contributed by atoms with E-state index in [1.165, 1.54) is 6.07 Å². The molecular formula is C16H23FN2O2. The summed E-state index contributed by atoms with van der Waals surface area (Å²) in [6.45, 7) is 8.18. The molecule has 1 amide bonds. The summed E-state index contributed by atoms with van der Waals surface area (Å²) in [5.74, 6) is -0.297. The van der Waals surface area contributed by atoms with Crippen LogP contribution in [0.2, 0.25) is 0 Å². The number of amides is 1. The number of nitrogens with two attached hydrogens (primary N) is 1. The van der Waals surface area contributed by atoms with E-state index in [1.54, 1.807) is 11.0 Å². The molecule has 2 rings (SSSR count). The molecule has 1 aromatic carbocycles. The monoisotopic (exact) mass is 294 g/mol. The summed E-state index contributed by atoms with van der Waals surface area (Å²) in [5.41, 5.74) is 7.80. The second-order valence-corrected chi connectivity index (χ2v) is 6.55. The Bertz CT molecular complexity index is 552. The van der Waals surface area contributed by atoms with Crippen molar-refractivity contribution in [1.29, 1.82) is 0 Å². The Morgan fingerprint density at radius 3 is 2.71 bits per heavy atom. The molecule has 2 N–H and O–H groups in total. The number of halogens is 1. The molecule has 4 nitrogen and oxygen atoms in total. The zero-order valence-corrected chi connectivity index (χ0v) is 13.1. The van der Waals surface area contributed by atoms with E-state index >= 15 is 0 Å². The lowest BCUT2D eigenvalue weighted by molar-refractivity contribution is 0.0234. The average Bonchev–Trinajstić information content (AvgIpc) is 2.52. The molecule has 21 heavy (non-hydrogen) atoms. The summed E-state index contributed by atoms with van der Waals surface area (Å²) >= 11 is 0. The molecule has 0 aromatic heterocycles. The Labute approximate surface area is 125 Å². The number of carbonyl (C=O) groups excluding carboxylic acids is 1. The van der Waals surface area contributed by atoms with Crippen molar-refractivity contribution >= 4 is 6.09 Å². The number of ether oxygens (including phenoxy) is 1. The molecule has 1 aromatic rings. The molecule has 116 valence electrons. The number of rotatable bonds is 0. The lowest BCUT2D eigenvalue weighted by atomic mass is 9.96. The summed E-state index contributed by atoms with van der Waals surface area (Å²) in [7, 11) is 0. The Hall–Kier alpha value is -1.62. The number of carbonyl (C=O) groups is 1. The molecule has 1 aliphatic rings. The van der Waals surface area contributed by atoms with Gasteiger partial charge >= 0.3 is 6.09 Å². The van der Waals surface area contributed by atoms with Crippen molar-refractivity contribution in [3.05, 3.63) is 34.6 Å². The van der Waals surface area contributed by atoms with E-state index in [4.69, 9.17) is 10.5 Å². The maximum Gasteiger partial charge on any atom is 0.410 e. The number of nitrogens with zero attached hydrogens (tertiary/aromatic N) is 1. The molecule has 1 aliphatic heterocycles. The lowest BCUT2D eigenvalue weighted by Crippen LogP contribution is -2.36. The van der Waals surface area contributed by atoms with Gasteiger partial charge in [0.15, 0.2) is 0 Å². The van der Waals surface area contributed by atoms with Gasteiger partial charge in [0.2, 0.25) is 0 Å². The first kappa shape index (κ1) is 15.8. The fourth-order valence-electron chi connectivity index (χ4n) is 2.55. The lowest BCUT2D eigenvalue weighted by Gasteiger charge is -2.27. The van der Waals surface area contributed by atoms with E-state index < -0.39 is 11.6 Å². The normalized spacial score (nSPS) is 19.0. The van der Waals surface area contributed by atoms with Gasteiger partial charge in [-0.3, -0.25) is 0 Å². The van der Waals surface area contributed by atoms with Crippen LogP contribution in [0.4, 0.5) is 9.18 Å². The third-order valence-corrected chi connectivity index (χ3v) is 3.62. The molecule has 0 fully saturated rings. The molecule has 0 spiro atoms. The zero-order valence-electron chi connectivity index (χ0n) is 13.1. The maximum absolute atomic E-state index is 14.1. The van der Waals surface area contributed by atoms with Gasteiger partial charge in [-0.1, -0.05) is 6.07 Å². The van der Waals surface area contributed by atoms with Crippen molar-refractivity contribution in [2.24, 2.45) is 5.73 Å². The average molecular weight is 294 g/mol. The Morgan fingerprint density at radius 1 is 1.43 bits per heavy atom. The third kappa shape index (κ3) is 3.53. The van der Waals surface area contributed by atoms with Gasteiger partial charge in [0, 0.05) is 24.7 Å². The predicted molar refractivity (Wildman–Crippen MR) is 79.3 cm³/mol. The van der Waals surface area contributed by atoms with Gasteiger partial charge in [-0.05, 0) is 51.3 Å². The summed E-state index contributed by atoms with van der Waals surface area (Å²) in [6, 6.07) is 2.77. The third-order valence-electron chi connectivity index (χ3n) is 3.62. The van der Waals surface area contributed by atoms with Crippen molar-refractivity contribution in [1.82, 2.24) is 4.90 Å². The Balaban J connectivity index is 2.31. The van der Waals surface area contributed by atoms with Crippen LogP contribution in [-0.2, 0) is 11.3 Å². The van der Waals surface area contributed by atoms with E-state index in [-0.39, 0.29) is 11.9 Å². The molecule has 5 heteroatoms. The van der Waals surface area contributed by atoms with Gasteiger partial charge in [0.1, 0.15) is 11.4 Å². The highest BCUT2D eigenvalue weighted by molar-refractivity contribution is 5.68. The number of fused-ring (bicyclic) bond motifs is 1. The summed E-state index contributed by atoms with van der Waals surface area (Å²) < 4.78 is 19.5.